The molecule has 128 valence electrons. The van der Waals surface area contributed by atoms with Crippen LogP contribution in [0.1, 0.15) is 11.1 Å². The molecule has 0 heterocycles. The van der Waals surface area contributed by atoms with Crippen LogP contribution >= 0.6 is 11.6 Å². The number of carbonyl (C=O) groups is 1. The third-order valence-electron chi connectivity index (χ3n) is 3.18. The number of nitrogens with one attached hydrogen (secondary N) is 1. The van der Waals surface area contributed by atoms with Crippen molar-refractivity contribution in [2.75, 3.05) is 6.54 Å². The lowest BCUT2D eigenvalue weighted by Gasteiger charge is -2.09. The van der Waals surface area contributed by atoms with E-state index < -0.39 is 28.4 Å². The molecule has 0 unspecified atom stereocenters. The van der Waals surface area contributed by atoms with Crippen LogP contribution in [0.3, 0.4) is 0 Å². The average Bonchev–Trinajstić information content (AvgIpc) is 2.53. The Morgan fingerprint density at radius 3 is 2.50 bits per heavy atom. The Kier molecular flexibility index (Phi) is 5.93. The van der Waals surface area contributed by atoms with Crippen LogP contribution in [0.2, 0.25) is 5.02 Å². The fraction of sp³-hybridized carbons (Fsp3) is 0.188. The van der Waals surface area contributed by atoms with E-state index in [1.807, 2.05) is 6.92 Å². The molecule has 24 heavy (non-hydrogen) atoms. The molecule has 8 heteroatoms. The minimum absolute atomic E-state index is 0.0360. The molecule has 0 atom stereocenters. The summed E-state index contributed by atoms with van der Waals surface area (Å²) < 4.78 is 44.6. The largest absolute Gasteiger partial charge is 0.460 e. The van der Waals surface area contributed by atoms with Gasteiger partial charge in [-0.15, -0.1) is 0 Å². The van der Waals surface area contributed by atoms with Gasteiger partial charge in [0, 0.05) is 5.56 Å². The van der Waals surface area contributed by atoms with Crippen LogP contribution in [0.5, 0.6) is 0 Å². The van der Waals surface area contributed by atoms with Gasteiger partial charge in [0.25, 0.3) is 0 Å². The minimum atomic E-state index is -3.82. The van der Waals surface area contributed by atoms with Crippen LogP contribution in [-0.2, 0) is 26.2 Å². The Morgan fingerprint density at radius 1 is 1.21 bits per heavy atom. The van der Waals surface area contributed by atoms with Crippen molar-refractivity contribution in [2.45, 2.75) is 18.4 Å². The van der Waals surface area contributed by atoms with E-state index in [4.69, 9.17) is 16.3 Å². The van der Waals surface area contributed by atoms with Gasteiger partial charge >= 0.3 is 5.97 Å². The Labute approximate surface area is 144 Å². The summed E-state index contributed by atoms with van der Waals surface area (Å²) in [5.41, 5.74) is 0.948. The Morgan fingerprint density at radius 2 is 1.88 bits per heavy atom. The first-order valence-corrected chi connectivity index (χ1v) is 8.80. The second-order valence-corrected chi connectivity index (χ2v) is 7.17. The topological polar surface area (TPSA) is 72.5 Å². The number of rotatable bonds is 6. The summed E-state index contributed by atoms with van der Waals surface area (Å²) in [6, 6.07) is 10.2. The summed E-state index contributed by atoms with van der Waals surface area (Å²) >= 11 is 5.81. The molecule has 5 nitrogen and oxygen atoms in total. The van der Waals surface area contributed by atoms with Gasteiger partial charge < -0.3 is 4.74 Å². The van der Waals surface area contributed by atoms with Crippen molar-refractivity contribution in [1.82, 2.24) is 4.72 Å². The van der Waals surface area contributed by atoms with Crippen molar-refractivity contribution >= 4 is 27.6 Å². The number of hydrogen-bond acceptors (Lipinski definition) is 4. The van der Waals surface area contributed by atoms with Crippen LogP contribution in [0, 0.1) is 12.7 Å². The molecule has 0 aliphatic heterocycles. The van der Waals surface area contributed by atoms with Gasteiger partial charge in [-0.1, -0.05) is 35.4 Å². The van der Waals surface area contributed by atoms with E-state index in [0.717, 1.165) is 5.56 Å². The molecule has 2 aromatic rings. The lowest BCUT2D eigenvalue weighted by Crippen LogP contribution is -2.30. The van der Waals surface area contributed by atoms with Crippen LogP contribution in [0.25, 0.3) is 0 Å². The molecule has 1 N–H and O–H groups in total. The SMILES string of the molecule is Cc1ccc(S(=O)(=O)NCC(=O)OCc2c(F)cccc2Cl)cc1. The first kappa shape index (κ1) is 18.4. The Balaban J connectivity index is 1.92. The Bertz CT molecular complexity index is 817. The van der Waals surface area contributed by atoms with Crippen LogP contribution in [-0.4, -0.2) is 20.9 Å². The summed E-state index contributed by atoms with van der Waals surface area (Å²) in [6.07, 6.45) is 0. The highest BCUT2D eigenvalue weighted by atomic mass is 35.5. The first-order chi connectivity index (χ1) is 11.3. The molecule has 0 fully saturated rings. The second kappa shape index (κ2) is 7.74. The minimum Gasteiger partial charge on any atom is -0.460 e. The van der Waals surface area contributed by atoms with E-state index in [1.54, 1.807) is 12.1 Å². The van der Waals surface area contributed by atoms with Gasteiger partial charge in [0.1, 0.15) is 19.0 Å². The van der Waals surface area contributed by atoms with E-state index in [1.165, 1.54) is 30.3 Å². The molecule has 0 aliphatic carbocycles. The van der Waals surface area contributed by atoms with Gasteiger partial charge in [0.05, 0.1) is 9.92 Å². The molecular weight excluding hydrogens is 357 g/mol. The number of ether oxygens (including phenoxy) is 1. The zero-order valence-corrected chi connectivity index (χ0v) is 14.3. The van der Waals surface area contributed by atoms with Crippen molar-refractivity contribution < 1.29 is 22.3 Å². The highest BCUT2D eigenvalue weighted by molar-refractivity contribution is 7.89. The molecule has 2 rings (SSSR count). The van der Waals surface area contributed by atoms with Crippen molar-refractivity contribution in [2.24, 2.45) is 0 Å². The van der Waals surface area contributed by atoms with Crippen LogP contribution < -0.4 is 4.72 Å². The molecule has 0 saturated heterocycles. The van der Waals surface area contributed by atoms with E-state index in [9.17, 15) is 17.6 Å². The predicted octanol–water partition coefficient (Wildman–Crippen LogP) is 2.81. The summed E-state index contributed by atoms with van der Waals surface area (Å²) in [5, 5.41) is 0.128. The summed E-state index contributed by atoms with van der Waals surface area (Å²) in [6.45, 7) is 0.883. The van der Waals surface area contributed by atoms with E-state index >= 15 is 0 Å². The standard InChI is InChI=1S/C16H15ClFNO4S/c1-11-5-7-12(8-6-11)24(21,22)19-9-16(20)23-10-13-14(17)3-2-4-15(13)18/h2-8,19H,9-10H2,1H3. The Hall–Kier alpha value is -1.96. The summed E-state index contributed by atoms with van der Waals surface area (Å²) in [7, 11) is -3.82. The maximum absolute atomic E-state index is 13.5. The normalized spacial score (nSPS) is 11.3. The fourth-order valence-corrected chi connectivity index (χ4v) is 3.02. The molecule has 0 saturated carbocycles. The van der Waals surface area contributed by atoms with Gasteiger partial charge in [-0.2, -0.15) is 4.72 Å². The number of benzene rings is 2. The van der Waals surface area contributed by atoms with E-state index in [0.29, 0.717) is 0 Å². The second-order valence-electron chi connectivity index (χ2n) is 5.00. The van der Waals surface area contributed by atoms with Crippen LogP contribution in [0.4, 0.5) is 4.39 Å². The zero-order valence-electron chi connectivity index (χ0n) is 12.8. The van der Waals surface area contributed by atoms with Gasteiger partial charge in [-0.3, -0.25) is 4.79 Å². The highest BCUT2D eigenvalue weighted by Gasteiger charge is 2.16. The van der Waals surface area contributed by atoms with E-state index in [2.05, 4.69) is 4.72 Å². The zero-order chi connectivity index (χ0) is 17.7. The molecular formula is C16H15ClFNO4S. The smallest absolute Gasteiger partial charge is 0.321 e. The number of halogens is 2. The molecule has 0 amide bonds. The van der Waals surface area contributed by atoms with Crippen LogP contribution in [0.15, 0.2) is 47.4 Å². The predicted molar refractivity (Wildman–Crippen MR) is 87.6 cm³/mol. The average molecular weight is 372 g/mol. The quantitative estimate of drug-likeness (QED) is 0.792. The lowest BCUT2D eigenvalue weighted by molar-refractivity contribution is -0.143. The van der Waals surface area contributed by atoms with E-state index in [-0.39, 0.29) is 22.1 Å². The van der Waals surface area contributed by atoms with Crippen molar-refractivity contribution in [3.8, 4) is 0 Å². The molecule has 0 radical (unpaired) electrons. The summed E-state index contributed by atoms with van der Waals surface area (Å²) in [4.78, 5) is 11.7. The first-order valence-electron chi connectivity index (χ1n) is 6.94. The van der Waals surface area contributed by atoms with Gasteiger partial charge in [-0.25, -0.2) is 12.8 Å². The van der Waals surface area contributed by atoms with Crippen molar-refractivity contribution in [3.63, 3.8) is 0 Å². The highest BCUT2D eigenvalue weighted by Crippen LogP contribution is 2.19. The number of aryl methyl sites for hydroxylation is 1. The molecule has 0 aliphatic rings. The lowest BCUT2D eigenvalue weighted by atomic mass is 10.2. The maximum Gasteiger partial charge on any atom is 0.321 e. The third kappa shape index (κ3) is 4.77. The van der Waals surface area contributed by atoms with Gasteiger partial charge in [0.2, 0.25) is 10.0 Å². The molecule has 2 aromatic carbocycles. The molecule has 0 spiro atoms. The van der Waals surface area contributed by atoms with Gasteiger partial charge in [-0.05, 0) is 31.2 Å². The number of carbonyl (C=O) groups excluding carboxylic acids is 1. The molecule has 0 bridgehead atoms. The maximum atomic E-state index is 13.5. The van der Waals surface area contributed by atoms with Crippen molar-refractivity contribution in [1.29, 1.82) is 0 Å². The number of esters is 1. The van der Waals surface area contributed by atoms with Gasteiger partial charge in [0.15, 0.2) is 0 Å². The van der Waals surface area contributed by atoms with Crippen molar-refractivity contribution in [3.05, 3.63) is 64.4 Å². The summed E-state index contributed by atoms with van der Waals surface area (Å²) in [5.74, 6) is -1.44. The molecule has 0 aromatic heterocycles. The fourth-order valence-electron chi connectivity index (χ4n) is 1.83. The number of hydrogen-bond donors (Lipinski definition) is 1. The monoisotopic (exact) mass is 371 g/mol. The third-order valence-corrected chi connectivity index (χ3v) is 4.95. The number of sulfonamides is 1.